The number of allylic oxidation sites excluding steroid dienone is 5. The molecule has 1 aromatic heterocycles. The summed E-state index contributed by atoms with van der Waals surface area (Å²) in [4.78, 5) is 24.4. The van der Waals surface area contributed by atoms with Gasteiger partial charge in [-0.3, -0.25) is 4.79 Å². The van der Waals surface area contributed by atoms with Crippen LogP contribution >= 0.6 is 11.3 Å². The first kappa shape index (κ1) is 21.4. The number of halogens is 3. The number of alkyl halides is 2. The maximum atomic E-state index is 14.0. The zero-order chi connectivity index (χ0) is 22.7. The van der Waals surface area contributed by atoms with Gasteiger partial charge in [0.1, 0.15) is 11.5 Å². The minimum absolute atomic E-state index is 0.0598. The topological polar surface area (TPSA) is 77.8 Å². The molecule has 6 nitrogen and oxygen atoms in total. The summed E-state index contributed by atoms with van der Waals surface area (Å²) >= 11 is 1.45. The molecule has 170 valence electrons. The predicted octanol–water partition coefficient (Wildman–Crippen LogP) is 3.76. The molecule has 4 aliphatic rings. The number of aliphatic imine (C=N–C) groups is 1. The number of amides is 1. The number of carbonyl (C=O) groups is 1. The van der Waals surface area contributed by atoms with Crippen LogP contribution in [0.5, 0.6) is 0 Å². The Morgan fingerprint density at radius 3 is 2.88 bits per heavy atom. The van der Waals surface area contributed by atoms with E-state index in [0.717, 1.165) is 47.1 Å². The van der Waals surface area contributed by atoms with Gasteiger partial charge >= 0.3 is 0 Å². The molecule has 2 aliphatic heterocycles. The van der Waals surface area contributed by atoms with E-state index in [2.05, 4.69) is 15.3 Å². The maximum absolute atomic E-state index is 14.0. The summed E-state index contributed by atoms with van der Waals surface area (Å²) < 4.78 is 41.8. The molecule has 0 aromatic carbocycles. The average Bonchev–Trinajstić information content (AvgIpc) is 3.31. The van der Waals surface area contributed by atoms with Crippen LogP contribution in [0.25, 0.3) is 0 Å². The highest BCUT2D eigenvalue weighted by molar-refractivity contribution is 7.15. The first-order valence-electron chi connectivity index (χ1n) is 10.6. The fourth-order valence-corrected chi connectivity index (χ4v) is 5.43. The predicted molar refractivity (Wildman–Crippen MR) is 115 cm³/mol. The maximum Gasteiger partial charge on any atom is 0.272 e. The first-order valence-corrected chi connectivity index (χ1v) is 11.4. The molecule has 1 aromatic rings. The molecule has 1 fully saturated rings. The van der Waals surface area contributed by atoms with Gasteiger partial charge < -0.3 is 15.3 Å². The van der Waals surface area contributed by atoms with E-state index in [1.54, 1.807) is 4.90 Å². The molecule has 2 N–H and O–H groups in total. The van der Waals surface area contributed by atoms with Gasteiger partial charge in [-0.2, -0.15) is 0 Å². The van der Waals surface area contributed by atoms with Crippen molar-refractivity contribution >= 4 is 28.1 Å². The summed E-state index contributed by atoms with van der Waals surface area (Å²) in [5, 5.41) is 14.2. The molecule has 32 heavy (non-hydrogen) atoms. The molecule has 3 heterocycles. The average molecular weight is 465 g/mol. The van der Waals surface area contributed by atoms with Crippen LogP contribution in [0.1, 0.15) is 36.8 Å². The Morgan fingerprint density at radius 2 is 2.19 bits per heavy atom. The molecule has 0 bridgehead atoms. The Bertz CT molecular complexity index is 1100. The van der Waals surface area contributed by atoms with Crippen LogP contribution in [0, 0.1) is 5.92 Å². The third-order valence-electron chi connectivity index (χ3n) is 6.40. The van der Waals surface area contributed by atoms with Crippen LogP contribution in [0.2, 0.25) is 0 Å². The third kappa shape index (κ3) is 3.90. The van der Waals surface area contributed by atoms with Crippen molar-refractivity contribution in [3.8, 4) is 0 Å². The monoisotopic (exact) mass is 464 g/mol. The number of hydrogen-bond acceptors (Lipinski definition) is 6. The smallest absolute Gasteiger partial charge is 0.272 e. The van der Waals surface area contributed by atoms with E-state index in [-0.39, 0.29) is 17.3 Å². The molecule has 1 unspecified atom stereocenters. The Labute approximate surface area is 187 Å². The second-order valence-electron chi connectivity index (χ2n) is 8.88. The number of carbonyl (C=O) groups excluding carboxylic acids is 1. The lowest BCUT2D eigenvalue weighted by Gasteiger charge is -2.36. The largest absolute Gasteiger partial charge is 0.388 e. The number of nitrogens with zero attached hydrogens (tertiary/aromatic N) is 3. The summed E-state index contributed by atoms with van der Waals surface area (Å²) in [7, 11) is 0. The lowest BCUT2D eigenvalue weighted by molar-refractivity contribution is -0.128. The summed E-state index contributed by atoms with van der Waals surface area (Å²) in [5.41, 5.74) is 0.0512. The Morgan fingerprint density at radius 1 is 1.41 bits per heavy atom. The minimum atomic E-state index is -3.22. The Balaban J connectivity index is 1.29. The lowest BCUT2D eigenvalue weighted by Crippen LogP contribution is -2.43. The zero-order valence-corrected chi connectivity index (χ0v) is 18.3. The molecule has 1 amide bonds. The number of aliphatic hydroxyl groups is 1. The normalized spacial score (nSPS) is 23.9. The second-order valence-corrected chi connectivity index (χ2v) is 9.96. The van der Waals surface area contributed by atoms with Crippen molar-refractivity contribution in [3.05, 3.63) is 45.9 Å². The molecular formula is C22H23F3N4O2S. The van der Waals surface area contributed by atoms with Gasteiger partial charge in [0.05, 0.1) is 23.6 Å². The van der Waals surface area contributed by atoms with Crippen molar-refractivity contribution in [1.82, 2.24) is 9.88 Å². The van der Waals surface area contributed by atoms with Gasteiger partial charge in [-0.25, -0.2) is 23.1 Å². The Hall–Kier alpha value is -2.46. The van der Waals surface area contributed by atoms with E-state index in [1.807, 2.05) is 0 Å². The summed E-state index contributed by atoms with van der Waals surface area (Å²) in [6.07, 6.45) is 6.49. The van der Waals surface area contributed by atoms with Crippen molar-refractivity contribution in [1.29, 1.82) is 0 Å². The van der Waals surface area contributed by atoms with Gasteiger partial charge in [0.15, 0.2) is 5.13 Å². The zero-order valence-electron chi connectivity index (χ0n) is 17.5. The number of rotatable bonds is 5. The fourth-order valence-electron chi connectivity index (χ4n) is 4.41. The highest BCUT2D eigenvalue weighted by atomic mass is 32.1. The van der Waals surface area contributed by atoms with E-state index in [4.69, 9.17) is 0 Å². The molecule has 0 spiro atoms. The molecule has 1 saturated carbocycles. The molecule has 10 heteroatoms. The van der Waals surface area contributed by atoms with Crippen LogP contribution < -0.4 is 5.32 Å². The Kier molecular flexibility index (Phi) is 5.05. The van der Waals surface area contributed by atoms with Gasteiger partial charge in [0, 0.05) is 42.8 Å². The van der Waals surface area contributed by atoms with Crippen LogP contribution in [-0.4, -0.2) is 51.2 Å². The fraction of sp³-hybridized carbons (Fsp3) is 0.500. The first-order chi connectivity index (χ1) is 15.1. The molecule has 5 rings (SSSR count). The highest BCUT2D eigenvalue weighted by Crippen LogP contribution is 2.40. The van der Waals surface area contributed by atoms with Crippen molar-refractivity contribution in [2.45, 2.75) is 50.7 Å². The second kappa shape index (κ2) is 7.55. The molecule has 0 saturated heterocycles. The van der Waals surface area contributed by atoms with Crippen LogP contribution in [0.15, 0.2) is 40.3 Å². The highest BCUT2D eigenvalue weighted by Gasteiger charge is 2.41. The van der Waals surface area contributed by atoms with Crippen molar-refractivity contribution < 1.29 is 23.1 Å². The molecule has 0 radical (unpaired) electrons. The van der Waals surface area contributed by atoms with Crippen molar-refractivity contribution in [3.63, 3.8) is 0 Å². The quantitative estimate of drug-likeness (QED) is 0.696. The van der Waals surface area contributed by atoms with E-state index in [1.165, 1.54) is 17.4 Å². The number of nitrogens with one attached hydrogen (secondary N) is 1. The summed E-state index contributed by atoms with van der Waals surface area (Å²) in [5.74, 6) is -5.27. The van der Waals surface area contributed by atoms with Crippen molar-refractivity contribution in [2.75, 3.05) is 18.4 Å². The van der Waals surface area contributed by atoms with Gasteiger partial charge in [-0.05, 0) is 37.5 Å². The third-order valence-corrected chi connectivity index (χ3v) is 7.44. The van der Waals surface area contributed by atoms with Gasteiger partial charge in [-0.1, -0.05) is 11.3 Å². The van der Waals surface area contributed by atoms with Gasteiger partial charge in [0.2, 0.25) is 0 Å². The van der Waals surface area contributed by atoms with E-state index in [0.29, 0.717) is 33.0 Å². The number of anilines is 1. The minimum Gasteiger partial charge on any atom is -0.388 e. The van der Waals surface area contributed by atoms with Crippen LogP contribution in [-0.2, 0) is 17.8 Å². The number of fused-ring (bicyclic) bond motifs is 2. The van der Waals surface area contributed by atoms with E-state index >= 15 is 0 Å². The molecular weight excluding hydrogens is 441 g/mol. The number of aromatic nitrogens is 1. The van der Waals surface area contributed by atoms with E-state index in [9.17, 15) is 23.1 Å². The molecule has 2 aliphatic carbocycles. The van der Waals surface area contributed by atoms with Gasteiger partial charge in [0.25, 0.3) is 11.8 Å². The summed E-state index contributed by atoms with van der Waals surface area (Å²) in [6.45, 7) is 1.95. The standard InChI is InChI=1S/C22H23F3N4O2S/c1-21(24,25)14-7-12(23)8-16-13(14)9-17(27-16)19(30)29-6-3-15-18(10-29)32-20(28-15)26-11-22(31)4-2-5-22/h7-9,13,31H,2-6,10-11H2,1H3,(H,26,28). The van der Waals surface area contributed by atoms with E-state index < -0.39 is 28.8 Å². The molecule has 1 atom stereocenters. The van der Waals surface area contributed by atoms with Crippen LogP contribution in [0.4, 0.5) is 18.3 Å². The SMILES string of the molecule is CC(F)(F)C1=CC(F)=CC2=NC(C(=O)N3CCc4nc(NCC5(O)CCC5)sc4C3)=CC12. The number of thiazole rings is 1. The van der Waals surface area contributed by atoms with Gasteiger partial charge in [-0.15, -0.1) is 0 Å². The lowest BCUT2D eigenvalue weighted by atomic mass is 9.80. The van der Waals surface area contributed by atoms with Crippen molar-refractivity contribution in [2.24, 2.45) is 10.9 Å². The number of hydrogen-bond donors (Lipinski definition) is 2. The van der Waals surface area contributed by atoms with Crippen LogP contribution in [0.3, 0.4) is 0 Å². The summed E-state index contributed by atoms with van der Waals surface area (Å²) in [6, 6.07) is 0.